The van der Waals surface area contributed by atoms with Gasteiger partial charge in [-0.1, -0.05) is 0 Å². The first-order valence-electron chi connectivity index (χ1n) is 5.38. The van der Waals surface area contributed by atoms with E-state index in [1.165, 1.54) is 16.2 Å². The molecule has 2 aromatic heterocycles. The average Bonchev–Trinajstić information content (AvgIpc) is 3.03. The van der Waals surface area contributed by atoms with E-state index in [4.69, 9.17) is 0 Å². The summed E-state index contributed by atoms with van der Waals surface area (Å²) in [6.07, 6.45) is 4.15. The molecule has 2 heterocycles. The summed E-state index contributed by atoms with van der Waals surface area (Å²) in [4.78, 5) is 23.8. The van der Waals surface area contributed by atoms with E-state index in [0.29, 0.717) is 11.6 Å². The molecule has 0 saturated heterocycles. The Morgan fingerprint density at radius 2 is 1.88 bits per heavy atom. The van der Waals surface area contributed by atoms with Gasteiger partial charge in [-0.25, -0.2) is 4.79 Å². The normalized spacial score (nSPS) is 15.9. The SMILES string of the molecule is Cn1c(=O)c2c(ccn2C2CC2)n(C)c1=O. The third-order valence-corrected chi connectivity index (χ3v) is 3.28. The Morgan fingerprint density at radius 1 is 1.19 bits per heavy atom. The van der Waals surface area contributed by atoms with Crippen molar-refractivity contribution < 1.29 is 0 Å². The van der Waals surface area contributed by atoms with Crippen LogP contribution in [0.4, 0.5) is 0 Å². The van der Waals surface area contributed by atoms with Gasteiger partial charge in [-0.15, -0.1) is 0 Å². The van der Waals surface area contributed by atoms with Gasteiger partial charge in [0.15, 0.2) is 0 Å². The van der Waals surface area contributed by atoms with Gasteiger partial charge in [-0.05, 0) is 18.9 Å². The van der Waals surface area contributed by atoms with Crippen molar-refractivity contribution in [1.82, 2.24) is 13.7 Å². The van der Waals surface area contributed by atoms with Gasteiger partial charge in [-0.2, -0.15) is 0 Å². The van der Waals surface area contributed by atoms with Crippen molar-refractivity contribution in [2.24, 2.45) is 14.1 Å². The molecule has 0 N–H and O–H groups in total. The van der Waals surface area contributed by atoms with Crippen LogP contribution in [0.5, 0.6) is 0 Å². The molecule has 5 heteroatoms. The smallest absolute Gasteiger partial charge is 0.331 e. The Kier molecular flexibility index (Phi) is 1.70. The van der Waals surface area contributed by atoms with Crippen molar-refractivity contribution in [2.45, 2.75) is 18.9 Å². The van der Waals surface area contributed by atoms with Gasteiger partial charge >= 0.3 is 5.69 Å². The van der Waals surface area contributed by atoms with Gasteiger partial charge in [0, 0.05) is 26.3 Å². The highest BCUT2D eigenvalue weighted by Gasteiger charge is 2.26. The zero-order chi connectivity index (χ0) is 11.4. The molecule has 16 heavy (non-hydrogen) atoms. The Morgan fingerprint density at radius 3 is 2.50 bits per heavy atom. The lowest BCUT2D eigenvalue weighted by atomic mass is 10.4. The second-order valence-electron chi connectivity index (χ2n) is 4.39. The van der Waals surface area contributed by atoms with Crippen LogP contribution in [0.25, 0.3) is 11.0 Å². The third-order valence-electron chi connectivity index (χ3n) is 3.28. The molecule has 0 spiro atoms. The standard InChI is InChI=1S/C11H13N3O2/c1-12-8-5-6-14(7-3-4-7)9(8)10(15)13(2)11(12)16/h5-7H,3-4H2,1-2H3. The molecule has 84 valence electrons. The maximum absolute atomic E-state index is 12.0. The maximum Gasteiger partial charge on any atom is 0.331 e. The number of rotatable bonds is 1. The van der Waals surface area contributed by atoms with Gasteiger partial charge in [0.05, 0.1) is 5.52 Å². The van der Waals surface area contributed by atoms with Gasteiger partial charge in [0.25, 0.3) is 5.56 Å². The topological polar surface area (TPSA) is 48.9 Å². The lowest BCUT2D eigenvalue weighted by Gasteiger charge is -2.06. The first-order chi connectivity index (χ1) is 7.61. The molecule has 0 unspecified atom stereocenters. The number of fused-ring (bicyclic) bond motifs is 1. The zero-order valence-corrected chi connectivity index (χ0v) is 9.30. The predicted molar refractivity (Wildman–Crippen MR) is 60.7 cm³/mol. The Labute approximate surface area is 91.5 Å². The van der Waals surface area contributed by atoms with Crippen molar-refractivity contribution in [3.05, 3.63) is 33.1 Å². The van der Waals surface area contributed by atoms with E-state index in [-0.39, 0.29) is 11.2 Å². The van der Waals surface area contributed by atoms with Crippen LogP contribution in [-0.2, 0) is 14.1 Å². The van der Waals surface area contributed by atoms with Crippen LogP contribution in [0, 0.1) is 0 Å². The summed E-state index contributed by atoms with van der Waals surface area (Å²) in [6, 6.07) is 2.29. The van der Waals surface area contributed by atoms with Crippen molar-refractivity contribution in [2.75, 3.05) is 0 Å². The van der Waals surface area contributed by atoms with E-state index in [0.717, 1.165) is 18.4 Å². The molecule has 0 atom stereocenters. The molecule has 5 nitrogen and oxygen atoms in total. The van der Waals surface area contributed by atoms with Gasteiger partial charge in [0.1, 0.15) is 5.52 Å². The lowest BCUT2D eigenvalue weighted by molar-refractivity contribution is 0.697. The number of nitrogens with zero attached hydrogens (tertiary/aromatic N) is 3. The minimum Gasteiger partial charge on any atom is -0.339 e. The maximum atomic E-state index is 12.0. The third kappa shape index (κ3) is 1.05. The highest BCUT2D eigenvalue weighted by atomic mass is 16.2. The first kappa shape index (κ1) is 9.45. The van der Waals surface area contributed by atoms with Crippen LogP contribution in [0.3, 0.4) is 0 Å². The summed E-state index contributed by atoms with van der Waals surface area (Å²) >= 11 is 0. The van der Waals surface area contributed by atoms with Crippen LogP contribution in [0.1, 0.15) is 18.9 Å². The van der Waals surface area contributed by atoms with Crippen LogP contribution < -0.4 is 11.2 Å². The summed E-state index contributed by atoms with van der Waals surface area (Å²) in [7, 11) is 3.22. The molecule has 3 rings (SSSR count). The molecule has 1 aliphatic carbocycles. The number of hydrogen-bond acceptors (Lipinski definition) is 2. The largest absolute Gasteiger partial charge is 0.339 e. The minimum atomic E-state index is -0.272. The minimum absolute atomic E-state index is 0.199. The fraction of sp³-hybridized carbons (Fsp3) is 0.455. The molecular formula is C11H13N3O2. The Bertz CT molecular complexity index is 686. The fourth-order valence-corrected chi connectivity index (χ4v) is 2.16. The molecule has 0 radical (unpaired) electrons. The fourth-order valence-electron chi connectivity index (χ4n) is 2.16. The molecule has 2 aromatic rings. The van der Waals surface area contributed by atoms with E-state index in [1.54, 1.807) is 7.05 Å². The molecule has 0 amide bonds. The first-order valence-corrected chi connectivity index (χ1v) is 5.38. The lowest BCUT2D eigenvalue weighted by Crippen LogP contribution is -2.37. The summed E-state index contributed by atoms with van der Waals surface area (Å²) in [5.41, 5.74) is 0.896. The quantitative estimate of drug-likeness (QED) is 0.696. The summed E-state index contributed by atoms with van der Waals surface area (Å²) in [5, 5.41) is 0. The molecule has 0 aromatic carbocycles. The van der Waals surface area contributed by atoms with Gasteiger partial charge < -0.3 is 4.57 Å². The van der Waals surface area contributed by atoms with Crippen LogP contribution >= 0.6 is 0 Å². The number of hydrogen-bond donors (Lipinski definition) is 0. The second kappa shape index (κ2) is 2.87. The highest BCUT2D eigenvalue weighted by Crippen LogP contribution is 2.36. The average molecular weight is 219 g/mol. The predicted octanol–water partition coefficient (Wildman–Crippen LogP) is 0.374. The Hall–Kier alpha value is -1.78. The van der Waals surface area contributed by atoms with Crippen molar-refractivity contribution >= 4 is 11.0 Å². The van der Waals surface area contributed by atoms with E-state index in [9.17, 15) is 9.59 Å². The highest BCUT2D eigenvalue weighted by molar-refractivity contribution is 5.75. The zero-order valence-electron chi connectivity index (χ0n) is 9.30. The van der Waals surface area contributed by atoms with Crippen molar-refractivity contribution in [3.8, 4) is 0 Å². The van der Waals surface area contributed by atoms with E-state index < -0.39 is 0 Å². The van der Waals surface area contributed by atoms with Gasteiger partial charge in [-0.3, -0.25) is 13.9 Å². The summed E-state index contributed by atoms with van der Waals surface area (Å²) < 4.78 is 4.69. The van der Waals surface area contributed by atoms with E-state index in [1.807, 2.05) is 16.8 Å². The van der Waals surface area contributed by atoms with Crippen LogP contribution in [0.15, 0.2) is 21.9 Å². The van der Waals surface area contributed by atoms with E-state index >= 15 is 0 Å². The number of aromatic nitrogens is 3. The van der Waals surface area contributed by atoms with Crippen molar-refractivity contribution in [1.29, 1.82) is 0 Å². The van der Waals surface area contributed by atoms with E-state index in [2.05, 4.69) is 0 Å². The molecule has 1 aliphatic rings. The van der Waals surface area contributed by atoms with Crippen LogP contribution in [-0.4, -0.2) is 13.7 Å². The van der Waals surface area contributed by atoms with Crippen LogP contribution in [0.2, 0.25) is 0 Å². The van der Waals surface area contributed by atoms with Gasteiger partial charge in [0.2, 0.25) is 0 Å². The molecule has 1 saturated carbocycles. The molecule has 1 fully saturated rings. The summed E-state index contributed by atoms with van der Waals surface area (Å²) in [5.74, 6) is 0. The molecule has 0 bridgehead atoms. The Balaban J connectivity index is 2.53. The monoisotopic (exact) mass is 219 g/mol. The van der Waals surface area contributed by atoms with Crippen molar-refractivity contribution in [3.63, 3.8) is 0 Å². The summed E-state index contributed by atoms with van der Waals surface area (Å²) in [6.45, 7) is 0. The molecular weight excluding hydrogens is 206 g/mol. The number of aryl methyl sites for hydroxylation is 1. The second-order valence-corrected chi connectivity index (χ2v) is 4.39. The molecule has 0 aliphatic heterocycles.